The van der Waals surface area contributed by atoms with Gasteiger partial charge in [-0.25, -0.2) is 4.98 Å². The summed E-state index contributed by atoms with van der Waals surface area (Å²) in [5.41, 5.74) is 6.37. The van der Waals surface area contributed by atoms with E-state index in [9.17, 15) is 0 Å². The molecule has 0 aliphatic heterocycles. The summed E-state index contributed by atoms with van der Waals surface area (Å²) in [7, 11) is 1.56. The Bertz CT molecular complexity index is 371. The summed E-state index contributed by atoms with van der Waals surface area (Å²) in [6.07, 6.45) is 12.0. The van der Waals surface area contributed by atoms with E-state index in [1.807, 2.05) is 0 Å². The van der Waals surface area contributed by atoms with Crippen molar-refractivity contribution in [1.82, 2.24) is 9.97 Å². The maximum atomic E-state index is 5.89. The molecule has 0 aromatic carbocycles. The second kappa shape index (κ2) is 10.3. The first-order valence-corrected chi connectivity index (χ1v) is 7.68. The highest BCUT2D eigenvalue weighted by Crippen LogP contribution is 2.23. The molecule has 0 spiro atoms. The Morgan fingerprint density at radius 3 is 2.35 bits per heavy atom. The van der Waals surface area contributed by atoms with Gasteiger partial charge in [0.25, 0.3) is 0 Å². The van der Waals surface area contributed by atoms with Crippen molar-refractivity contribution < 1.29 is 4.74 Å². The van der Waals surface area contributed by atoms with Crippen LogP contribution in [0.15, 0.2) is 6.33 Å². The smallest absolute Gasteiger partial charge is 0.242 e. The van der Waals surface area contributed by atoms with Gasteiger partial charge in [0.05, 0.1) is 7.11 Å². The maximum Gasteiger partial charge on any atom is 0.242 e. The monoisotopic (exact) mass is 280 g/mol. The SMILES string of the molecule is CCCCCCCCCCNc1ncnc(OC)c1N. The van der Waals surface area contributed by atoms with Gasteiger partial charge in [-0.3, -0.25) is 0 Å². The van der Waals surface area contributed by atoms with Gasteiger partial charge in [-0.1, -0.05) is 51.9 Å². The zero-order valence-electron chi connectivity index (χ0n) is 12.8. The molecule has 0 aliphatic rings. The molecular formula is C15H28N4O. The molecule has 0 bridgehead atoms. The van der Waals surface area contributed by atoms with E-state index in [1.165, 1.54) is 51.3 Å². The second-order valence-electron chi connectivity index (χ2n) is 5.05. The van der Waals surface area contributed by atoms with Gasteiger partial charge >= 0.3 is 0 Å². The lowest BCUT2D eigenvalue weighted by Crippen LogP contribution is -2.08. The molecule has 0 saturated heterocycles. The van der Waals surface area contributed by atoms with Gasteiger partial charge in [0, 0.05) is 6.54 Å². The Morgan fingerprint density at radius 1 is 1.05 bits per heavy atom. The van der Waals surface area contributed by atoms with Gasteiger partial charge in [0.2, 0.25) is 5.88 Å². The van der Waals surface area contributed by atoms with E-state index >= 15 is 0 Å². The Labute approximate surface area is 122 Å². The Morgan fingerprint density at radius 2 is 1.70 bits per heavy atom. The number of rotatable bonds is 11. The van der Waals surface area contributed by atoms with E-state index in [2.05, 4.69) is 22.2 Å². The van der Waals surface area contributed by atoms with Crippen LogP contribution in [-0.2, 0) is 0 Å². The summed E-state index contributed by atoms with van der Waals surface area (Å²) in [5.74, 6) is 1.10. The van der Waals surface area contributed by atoms with Crippen LogP contribution in [0.5, 0.6) is 5.88 Å². The maximum absolute atomic E-state index is 5.89. The minimum Gasteiger partial charge on any atom is -0.479 e. The zero-order valence-corrected chi connectivity index (χ0v) is 12.8. The molecule has 0 radical (unpaired) electrons. The van der Waals surface area contributed by atoms with Gasteiger partial charge < -0.3 is 15.8 Å². The number of hydrogen-bond donors (Lipinski definition) is 2. The van der Waals surface area contributed by atoms with Crippen LogP contribution in [-0.4, -0.2) is 23.6 Å². The Kier molecular flexibility index (Phi) is 8.51. The van der Waals surface area contributed by atoms with Gasteiger partial charge in [-0.05, 0) is 6.42 Å². The molecule has 0 atom stereocenters. The number of aromatic nitrogens is 2. The van der Waals surface area contributed by atoms with Crippen LogP contribution in [0.3, 0.4) is 0 Å². The summed E-state index contributed by atoms with van der Waals surface area (Å²) in [5, 5.41) is 3.24. The molecule has 0 amide bonds. The van der Waals surface area contributed by atoms with Crippen LogP contribution in [0.25, 0.3) is 0 Å². The first kappa shape index (κ1) is 16.5. The Hall–Kier alpha value is -1.52. The van der Waals surface area contributed by atoms with Crippen LogP contribution in [0.4, 0.5) is 11.5 Å². The quantitative estimate of drug-likeness (QED) is 0.606. The molecule has 20 heavy (non-hydrogen) atoms. The van der Waals surface area contributed by atoms with Crippen molar-refractivity contribution in [3.05, 3.63) is 6.33 Å². The first-order valence-electron chi connectivity index (χ1n) is 7.68. The van der Waals surface area contributed by atoms with Gasteiger partial charge in [0.1, 0.15) is 12.0 Å². The fraction of sp³-hybridized carbons (Fsp3) is 0.733. The summed E-state index contributed by atoms with van der Waals surface area (Å²) < 4.78 is 5.06. The van der Waals surface area contributed by atoms with E-state index in [-0.39, 0.29) is 0 Å². The van der Waals surface area contributed by atoms with E-state index < -0.39 is 0 Å². The van der Waals surface area contributed by atoms with Gasteiger partial charge in [-0.2, -0.15) is 4.98 Å². The van der Waals surface area contributed by atoms with Crippen LogP contribution >= 0.6 is 0 Å². The van der Waals surface area contributed by atoms with Crippen molar-refractivity contribution in [3.63, 3.8) is 0 Å². The molecule has 0 saturated carbocycles. The van der Waals surface area contributed by atoms with Crippen LogP contribution in [0, 0.1) is 0 Å². The molecule has 1 aromatic heterocycles. The number of nitrogens with one attached hydrogen (secondary N) is 1. The van der Waals surface area contributed by atoms with Crippen molar-refractivity contribution in [3.8, 4) is 5.88 Å². The first-order chi connectivity index (χ1) is 9.79. The fourth-order valence-electron chi connectivity index (χ4n) is 2.15. The third-order valence-electron chi connectivity index (χ3n) is 3.36. The Balaban J connectivity index is 2.09. The molecule has 1 heterocycles. The molecular weight excluding hydrogens is 252 g/mol. The molecule has 1 aromatic rings. The van der Waals surface area contributed by atoms with Crippen LogP contribution < -0.4 is 15.8 Å². The number of methoxy groups -OCH3 is 1. The number of nitrogen functional groups attached to an aromatic ring is 1. The number of anilines is 2. The molecule has 0 aliphatic carbocycles. The average Bonchev–Trinajstić information content (AvgIpc) is 2.47. The van der Waals surface area contributed by atoms with Crippen molar-refractivity contribution in [2.45, 2.75) is 58.3 Å². The normalized spacial score (nSPS) is 10.5. The lowest BCUT2D eigenvalue weighted by atomic mass is 10.1. The summed E-state index contributed by atoms with van der Waals surface area (Å²) in [4.78, 5) is 8.08. The third-order valence-corrected chi connectivity index (χ3v) is 3.36. The van der Waals surface area contributed by atoms with E-state index in [0.29, 0.717) is 17.4 Å². The molecule has 114 valence electrons. The van der Waals surface area contributed by atoms with Gasteiger partial charge in [-0.15, -0.1) is 0 Å². The van der Waals surface area contributed by atoms with E-state index in [0.717, 1.165) is 13.0 Å². The number of ether oxygens (including phenoxy) is 1. The minimum absolute atomic E-state index is 0.429. The lowest BCUT2D eigenvalue weighted by molar-refractivity contribution is 0.399. The highest BCUT2D eigenvalue weighted by Gasteiger charge is 2.06. The highest BCUT2D eigenvalue weighted by molar-refractivity contribution is 5.66. The van der Waals surface area contributed by atoms with Crippen molar-refractivity contribution in [2.24, 2.45) is 0 Å². The largest absolute Gasteiger partial charge is 0.479 e. The molecule has 3 N–H and O–H groups in total. The number of nitrogens with two attached hydrogens (primary N) is 1. The second-order valence-corrected chi connectivity index (χ2v) is 5.05. The van der Waals surface area contributed by atoms with Gasteiger partial charge in [0.15, 0.2) is 5.82 Å². The van der Waals surface area contributed by atoms with Crippen LogP contribution in [0.1, 0.15) is 58.3 Å². The predicted octanol–water partition coefficient (Wildman–Crippen LogP) is 3.62. The highest BCUT2D eigenvalue weighted by atomic mass is 16.5. The standard InChI is InChI=1S/C15H28N4O/c1-3-4-5-6-7-8-9-10-11-17-14-13(16)15(20-2)19-12-18-14/h12H,3-11,16H2,1-2H3,(H,17,18,19). The van der Waals surface area contributed by atoms with E-state index in [1.54, 1.807) is 7.11 Å². The minimum atomic E-state index is 0.429. The molecule has 5 heteroatoms. The third kappa shape index (κ3) is 6.08. The van der Waals surface area contributed by atoms with Crippen molar-refractivity contribution in [1.29, 1.82) is 0 Å². The average molecular weight is 280 g/mol. The summed E-state index contributed by atoms with van der Waals surface area (Å²) in [6, 6.07) is 0. The number of unbranched alkanes of at least 4 members (excludes halogenated alkanes) is 7. The fourth-order valence-corrected chi connectivity index (χ4v) is 2.15. The van der Waals surface area contributed by atoms with Crippen molar-refractivity contribution >= 4 is 11.5 Å². The van der Waals surface area contributed by atoms with E-state index in [4.69, 9.17) is 10.5 Å². The summed E-state index contributed by atoms with van der Waals surface area (Å²) in [6.45, 7) is 3.14. The number of nitrogens with zero attached hydrogens (tertiary/aromatic N) is 2. The van der Waals surface area contributed by atoms with Crippen LogP contribution in [0.2, 0.25) is 0 Å². The van der Waals surface area contributed by atoms with Crippen molar-refractivity contribution in [2.75, 3.05) is 24.7 Å². The summed E-state index contributed by atoms with van der Waals surface area (Å²) >= 11 is 0. The topological polar surface area (TPSA) is 73.1 Å². The molecule has 5 nitrogen and oxygen atoms in total. The number of hydrogen-bond acceptors (Lipinski definition) is 5. The molecule has 0 fully saturated rings. The zero-order chi connectivity index (χ0) is 14.6. The predicted molar refractivity (Wildman–Crippen MR) is 84.1 cm³/mol. The molecule has 0 unspecified atom stereocenters. The molecule has 1 rings (SSSR count). The lowest BCUT2D eigenvalue weighted by Gasteiger charge is -2.09.